The van der Waals surface area contributed by atoms with Crippen molar-refractivity contribution >= 4 is 0 Å². The molecule has 0 aliphatic heterocycles. The Bertz CT molecular complexity index is 380. The molecule has 0 fully saturated rings. The Morgan fingerprint density at radius 2 is 2.00 bits per heavy atom. The lowest BCUT2D eigenvalue weighted by molar-refractivity contribution is 0.241. The summed E-state index contributed by atoms with van der Waals surface area (Å²) in [5.74, 6) is 0.814. The van der Waals surface area contributed by atoms with E-state index in [9.17, 15) is 0 Å². The van der Waals surface area contributed by atoms with Crippen molar-refractivity contribution in [1.29, 1.82) is 5.26 Å². The largest absolute Gasteiger partial charge is 0.491 e. The topological polar surface area (TPSA) is 36.3 Å². The van der Waals surface area contributed by atoms with Gasteiger partial charge in [0.15, 0.2) is 0 Å². The summed E-state index contributed by atoms with van der Waals surface area (Å²) in [6.45, 7) is 3.97. The molecule has 0 N–H and O–H groups in total. The van der Waals surface area contributed by atoms with Gasteiger partial charge in [-0.25, -0.2) is 0 Å². The average molecular weight is 218 g/mol. The molecule has 1 aromatic rings. The molecule has 3 nitrogen and oxygen atoms in total. The predicted molar refractivity (Wildman–Crippen MR) is 64.2 cm³/mol. The number of rotatable bonds is 4. The molecule has 0 heterocycles. The summed E-state index contributed by atoms with van der Waals surface area (Å²) in [6, 6.07) is 9.74. The zero-order valence-electron chi connectivity index (χ0n) is 10.3. The first-order valence-electron chi connectivity index (χ1n) is 5.37. The highest BCUT2D eigenvalue weighted by atomic mass is 16.5. The maximum Gasteiger partial charge on any atom is 0.123 e. The highest BCUT2D eigenvalue weighted by Gasteiger charge is 2.13. The highest BCUT2D eigenvalue weighted by Crippen LogP contribution is 2.22. The molecular formula is C13H18N2O. The van der Waals surface area contributed by atoms with Crippen LogP contribution in [0.1, 0.15) is 25.5 Å². The van der Waals surface area contributed by atoms with Crippen molar-refractivity contribution in [2.24, 2.45) is 0 Å². The summed E-state index contributed by atoms with van der Waals surface area (Å²) in [7, 11) is 3.79. The lowest BCUT2D eigenvalue weighted by Crippen LogP contribution is -2.18. The van der Waals surface area contributed by atoms with Gasteiger partial charge >= 0.3 is 0 Å². The second kappa shape index (κ2) is 5.53. The average Bonchev–Trinajstić information content (AvgIpc) is 2.17. The summed E-state index contributed by atoms with van der Waals surface area (Å²) in [6.07, 6.45) is 0.148. The number of hydrogen-bond acceptors (Lipinski definition) is 3. The zero-order chi connectivity index (χ0) is 12.1. The van der Waals surface area contributed by atoms with Crippen LogP contribution >= 0.6 is 0 Å². The quantitative estimate of drug-likeness (QED) is 0.779. The molecule has 0 amide bonds. The number of hydrogen-bond donors (Lipinski definition) is 0. The van der Waals surface area contributed by atoms with E-state index < -0.39 is 0 Å². The normalized spacial score (nSPS) is 12.6. The molecule has 16 heavy (non-hydrogen) atoms. The van der Waals surface area contributed by atoms with E-state index in [0.717, 1.165) is 11.3 Å². The van der Waals surface area contributed by atoms with Crippen LogP contribution in [0, 0.1) is 11.3 Å². The molecule has 0 bridgehead atoms. The van der Waals surface area contributed by atoms with Crippen molar-refractivity contribution in [1.82, 2.24) is 4.90 Å². The minimum Gasteiger partial charge on any atom is -0.491 e. The lowest BCUT2D eigenvalue weighted by Gasteiger charge is -2.18. The molecule has 1 unspecified atom stereocenters. The van der Waals surface area contributed by atoms with E-state index in [2.05, 4.69) is 6.07 Å². The maximum absolute atomic E-state index is 9.09. The molecule has 86 valence electrons. The molecule has 0 saturated carbocycles. The van der Waals surface area contributed by atoms with E-state index in [-0.39, 0.29) is 12.1 Å². The van der Waals surface area contributed by atoms with Gasteiger partial charge in [-0.1, -0.05) is 12.1 Å². The number of nitriles is 1. The number of nitrogens with zero attached hydrogens (tertiary/aromatic N) is 2. The Morgan fingerprint density at radius 1 is 1.31 bits per heavy atom. The second-order valence-electron chi connectivity index (χ2n) is 4.23. The van der Waals surface area contributed by atoms with Gasteiger partial charge in [0, 0.05) is 0 Å². The van der Waals surface area contributed by atoms with E-state index >= 15 is 0 Å². The minimum absolute atomic E-state index is 0.148. The molecule has 0 radical (unpaired) electrons. The predicted octanol–water partition coefficient (Wildman–Crippen LogP) is 2.60. The van der Waals surface area contributed by atoms with Crippen LogP contribution in [0.15, 0.2) is 24.3 Å². The smallest absolute Gasteiger partial charge is 0.123 e. The Kier molecular flexibility index (Phi) is 4.33. The van der Waals surface area contributed by atoms with Gasteiger partial charge in [-0.3, -0.25) is 4.90 Å². The highest BCUT2D eigenvalue weighted by molar-refractivity contribution is 5.33. The van der Waals surface area contributed by atoms with Crippen molar-refractivity contribution < 1.29 is 4.74 Å². The number of benzene rings is 1. The van der Waals surface area contributed by atoms with Gasteiger partial charge < -0.3 is 4.74 Å². The SMILES string of the molecule is CC(C)Oc1cccc(C(C#N)N(C)C)c1. The zero-order valence-corrected chi connectivity index (χ0v) is 10.3. The van der Waals surface area contributed by atoms with Crippen LogP contribution in [0.25, 0.3) is 0 Å². The molecular weight excluding hydrogens is 200 g/mol. The van der Waals surface area contributed by atoms with Crippen molar-refractivity contribution in [2.75, 3.05) is 14.1 Å². The second-order valence-corrected chi connectivity index (χ2v) is 4.23. The van der Waals surface area contributed by atoms with E-state index in [1.807, 2.05) is 57.1 Å². The summed E-state index contributed by atoms with van der Waals surface area (Å²) in [5.41, 5.74) is 0.964. The van der Waals surface area contributed by atoms with Gasteiger partial charge in [0.05, 0.1) is 12.2 Å². The van der Waals surface area contributed by atoms with Gasteiger partial charge in [-0.05, 0) is 45.6 Å². The lowest BCUT2D eigenvalue weighted by atomic mass is 10.1. The molecule has 0 spiro atoms. The van der Waals surface area contributed by atoms with Crippen LogP contribution in [-0.4, -0.2) is 25.1 Å². The summed E-state index contributed by atoms with van der Waals surface area (Å²) >= 11 is 0. The fourth-order valence-electron chi connectivity index (χ4n) is 1.52. The Hall–Kier alpha value is -1.53. The first-order valence-corrected chi connectivity index (χ1v) is 5.37. The molecule has 1 rings (SSSR count). The molecule has 0 saturated heterocycles. The fraction of sp³-hybridized carbons (Fsp3) is 0.462. The van der Waals surface area contributed by atoms with E-state index in [0.29, 0.717) is 0 Å². The van der Waals surface area contributed by atoms with Crippen molar-refractivity contribution in [3.63, 3.8) is 0 Å². The third-order valence-corrected chi connectivity index (χ3v) is 2.18. The van der Waals surface area contributed by atoms with Crippen LogP contribution in [0.2, 0.25) is 0 Å². The van der Waals surface area contributed by atoms with Gasteiger partial charge in [-0.2, -0.15) is 5.26 Å². The first-order chi connectivity index (χ1) is 7.54. The van der Waals surface area contributed by atoms with Gasteiger partial charge in [0.1, 0.15) is 11.8 Å². The molecule has 1 atom stereocenters. The molecule has 0 aromatic heterocycles. The van der Waals surface area contributed by atoms with Crippen LogP contribution in [-0.2, 0) is 0 Å². The molecule has 1 aromatic carbocycles. The Balaban J connectivity index is 2.93. The summed E-state index contributed by atoms with van der Waals surface area (Å²) in [5, 5.41) is 9.09. The van der Waals surface area contributed by atoms with Gasteiger partial charge in [0.2, 0.25) is 0 Å². The first kappa shape index (κ1) is 12.5. The minimum atomic E-state index is -0.226. The molecule has 0 aliphatic rings. The summed E-state index contributed by atoms with van der Waals surface area (Å²) < 4.78 is 5.60. The third-order valence-electron chi connectivity index (χ3n) is 2.18. The standard InChI is InChI=1S/C13H18N2O/c1-10(2)16-12-7-5-6-11(8-12)13(9-14)15(3)4/h5-8,10,13H,1-4H3. The number of ether oxygens (including phenoxy) is 1. The van der Waals surface area contributed by atoms with Crippen molar-refractivity contribution in [2.45, 2.75) is 26.0 Å². The van der Waals surface area contributed by atoms with Gasteiger partial charge in [0.25, 0.3) is 0 Å². The van der Waals surface area contributed by atoms with Crippen molar-refractivity contribution in [3.05, 3.63) is 29.8 Å². The Labute approximate surface area is 97.3 Å². The van der Waals surface area contributed by atoms with Crippen LogP contribution in [0.3, 0.4) is 0 Å². The van der Waals surface area contributed by atoms with E-state index in [1.165, 1.54) is 0 Å². The van der Waals surface area contributed by atoms with E-state index in [1.54, 1.807) is 0 Å². The summed E-state index contributed by atoms with van der Waals surface area (Å²) in [4.78, 5) is 1.88. The molecule has 3 heteroatoms. The van der Waals surface area contributed by atoms with E-state index in [4.69, 9.17) is 10.00 Å². The maximum atomic E-state index is 9.09. The monoisotopic (exact) mass is 218 g/mol. The Morgan fingerprint density at radius 3 is 2.50 bits per heavy atom. The van der Waals surface area contributed by atoms with Gasteiger partial charge in [-0.15, -0.1) is 0 Å². The fourth-order valence-corrected chi connectivity index (χ4v) is 1.52. The van der Waals surface area contributed by atoms with Crippen LogP contribution < -0.4 is 4.74 Å². The van der Waals surface area contributed by atoms with Crippen molar-refractivity contribution in [3.8, 4) is 11.8 Å². The van der Waals surface area contributed by atoms with Crippen LogP contribution in [0.4, 0.5) is 0 Å². The molecule has 0 aliphatic carbocycles. The van der Waals surface area contributed by atoms with Crippen LogP contribution in [0.5, 0.6) is 5.75 Å². The third kappa shape index (κ3) is 3.25.